The molecule has 0 radical (unpaired) electrons. The quantitative estimate of drug-likeness (QED) is 0.182. The molecule has 3 heterocycles. The third-order valence-corrected chi connectivity index (χ3v) is 9.39. The molecule has 0 N–H and O–H groups in total. The first-order valence-electron chi connectivity index (χ1n) is 15.6. The van der Waals surface area contributed by atoms with Crippen LogP contribution in [0.5, 0.6) is 34.5 Å². The van der Waals surface area contributed by atoms with Crippen LogP contribution in [0.3, 0.4) is 0 Å². The second kappa shape index (κ2) is 12.1. The van der Waals surface area contributed by atoms with Gasteiger partial charge in [-0.3, -0.25) is 4.79 Å². The molecular weight excluding hydrogens is 614 g/mol. The fraction of sp³-hybridized carbons (Fsp3) is 0.270. The van der Waals surface area contributed by atoms with Gasteiger partial charge in [0.05, 0.1) is 46.1 Å². The van der Waals surface area contributed by atoms with Gasteiger partial charge in [-0.2, -0.15) is 0 Å². The number of aromatic nitrogens is 3. The summed E-state index contributed by atoms with van der Waals surface area (Å²) in [4.78, 5) is 13.6. The molecule has 4 aromatic carbocycles. The summed E-state index contributed by atoms with van der Waals surface area (Å²) in [5.74, 6) is 1.97. The van der Waals surface area contributed by atoms with E-state index in [-0.39, 0.29) is 37.9 Å². The number of nitrogens with zero attached hydrogens (tertiary/aromatic N) is 3. The molecule has 0 spiro atoms. The molecule has 11 heteroatoms. The van der Waals surface area contributed by atoms with Crippen molar-refractivity contribution in [2.24, 2.45) is 11.8 Å². The standard InChI is InChI=1S/C37H33N3O8/c1-42-31-13-23(14-32(43-2)36(31)44-3)33-26-15-29-30(48-20-47-29)16-27(26)35(28-19-46-37(41)34(28)33)40-17-24(38-39-40)18-45-25-11-9-22(10-12-25)21-7-5-4-6-8-21/h4-17,28,33-35H,18-20H2,1-3H3/t28-,33+,34-,35-/m0/s1. The van der Waals surface area contributed by atoms with Crippen LogP contribution < -0.4 is 28.4 Å². The summed E-state index contributed by atoms with van der Waals surface area (Å²) in [5, 5.41) is 9.00. The fourth-order valence-corrected chi connectivity index (χ4v) is 7.20. The molecule has 3 aliphatic rings. The molecule has 2 aliphatic heterocycles. The van der Waals surface area contributed by atoms with Crippen LogP contribution in [0, 0.1) is 11.8 Å². The van der Waals surface area contributed by atoms with E-state index in [0.717, 1.165) is 33.6 Å². The van der Waals surface area contributed by atoms with Crippen LogP contribution in [0.25, 0.3) is 11.1 Å². The molecule has 0 unspecified atom stereocenters. The number of carbonyl (C=O) groups is 1. The highest BCUT2D eigenvalue weighted by Gasteiger charge is 2.53. The molecule has 244 valence electrons. The number of fused-ring (bicyclic) bond motifs is 3. The Bertz CT molecular complexity index is 1950. The number of ether oxygens (including phenoxy) is 7. The largest absolute Gasteiger partial charge is 0.493 e. The monoisotopic (exact) mass is 647 g/mol. The highest BCUT2D eigenvalue weighted by Crippen LogP contribution is 2.56. The predicted octanol–water partition coefficient (Wildman–Crippen LogP) is 5.80. The van der Waals surface area contributed by atoms with Crippen molar-refractivity contribution in [3.8, 4) is 45.6 Å². The van der Waals surface area contributed by atoms with Crippen molar-refractivity contribution in [1.82, 2.24) is 15.0 Å². The summed E-state index contributed by atoms with van der Waals surface area (Å²) in [6.45, 7) is 0.565. The summed E-state index contributed by atoms with van der Waals surface area (Å²) in [5.41, 5.74) is 5.55. The third kappa shape index (κ3) is 5.02. The summed E-state index contributed by atoms with van der Waals surface area (Å²) in [6, 6.07) is 25.5. The van der Waals surface area contributed by atoms with E-state index < -0.39 is 11.8 Å². The summed E-state index contributed by atoms with van der Waals surface area (Å²) in [7, 11) is 4.70. The van der Waals surface area contributed by atoms with Gasteiger partial charge in [0.2, 0.25) is 12.5 Å². The van der Waals surface area contributed by atoms with Gasteiger partial charge in [-0.25, -0.2) is 4.68 Å². The molecule has 1 saturated heterocycles. The molecule has 8 rings (SSSR count). The van der Waals surface area contributed by atoms with Gasteiger partial charge in [0.15, 0.2) is 23.0 Å². The van der Waals surface area contributed by atoms with Crippen LogP contribution in [0.15, 0.2) is 85.1 Å². The summed E-state index contributed by atoms with van der Waals surface area (Å²) >= 11 is 0. The third-order valence-electron chi connectivity index (χ3n) is 9.39. The average Bonchev–Trinajstić information content (AvgIpc) is 3.89. The minimum Gasteiger partial charge on any atom is -0.493 e. The first-order valence-corrected chi connectivity index (χ1v) is 15.6. The zero-order valence-corrected chi connectivity index (χ0v) is 26.6. The van der Waals surface area contributed by atoms with Gasteiger partial charge in [0.1, 0.15) is 18.1 Å². The molecule has 1 fully saturated rings. The molecule has 4 atom stereocenters. The van der Waals surface area contributed by atoms with Crippen molar-refractivity contribution >= 4 is 5.97 Å². The Morgan fingerprint density at radius 3 is 2.19 bits per heavy atom. The van der Waals surface area contributed by atoms with Crippen LogP contribution >= 0.6 is 0 Å². The average molecular weight is 648 g/mol. The number of cyclic esters (lactones) is 1. The Labute approximate surface area is 276 Å². The molecule has 0 saturated carbocycles. The van der Waals surface area contributed by atoms with E-state index in [2.05, 4.69) is 22.4 Å². The topological polar surface area (TPSA) is 112 Å². The first-order chi connectivity index (χ1) is 23.6. The maximum Gasteiger partial charge on any atom is 0.310 e. The lowest BCUT2D eigenvalue weighted by Crippen LogP contribution is -2.37. The Kier molecular flexibility index (Phi) is 7.51. The van der Waals surface area contributed by atoms with Crippen molar-refractivity contribution in [3.63, 3.8) is 0 Å². The molecular formula is C37H33N3O8. The fourth-order valence-electron chi connectivity index (χ4n) is 7.20. The van der Waals surface area contributed by atoms with Gasteiger partial charge in [0, 0.05) is 11.8 Å². The Morgan fingerprint density at radius 2 is 1.50 bits per heavy atom. The highest BCUT2D eigenvalue weighted by molar-refractivity contribution is 5.79. The van der Waals surface area contributed by atoms with Crippen molar-refractivity contribution in [2.45, 2.75) is 18.6 Å². The number of esters is 1. The lowest BCUT2D eigenvalue weighted by atomic mass is 9.65. The lowest BCUT2D eigenvalue weighted by Gasteiger charge is -2.39. The zero-order chi connectivity index (χ0) is 32.8. The van der Waals surface area contributed by atoms with Gasteiger partial charge in [0.25, 0.3) is 0 Å². The summed E-state index contributed by atoms with van der Waals surface area (Å²) < 4.78 is 42.2. The number of hydrogen-bond donors (Lipinski definition) is 0. The van der Waals surface area contributed by atoms with Crippen LogP contribution in [0.2, 0.25) is 0 Å². The Hall–Kier alpha value is -5.71. The Balaban J connectivity index is 1.14. The molecule has 11 nitrogen and oxygen atoms in total. The highest BCUT2D eigenvalue weighted by atomic mass is 16.7. The number of hydrogen-bond acceptors (Lipinski definition) is 10. The summed E-state index contributed by atoms with van der Waals surface area (Å²) in [6.07, 6.45) is 1.87. The van der Waals surface area contributed by atoms with Crippen molar-refractivity contribution < 1.29 is 38.0 Å². The van der Waals surface area contributed by atoms with E-state index in [1.807, 2.05) is 77.6 Å². The number of carbonyl (C=O) groups excluding carboxylic acids is 1. The second-order valence-corrected chi connectivity index (χ2v) is 11.9. The molecule has 0 amide bonds. The van der Waals surface area contributed by atoms with E-state index in [1.54, 1.807) is 21.3 Å². The van der Waals surface area contributed by atoms with E-state index in [1.165, 1.54) is 0 Å². The van der Waals surface area contributed by atoms with Gasteiger partial charge in [-0.15, -0.1) is 5.10 Å². The van der Waals surface area contributed by atoms with Gasteiger partial charge >= 0.3 is 5.97 Å². The number of rotatable bonds is 9. The van der Waals surface area contributed by atoms with Crippen LogP contribution in [0.4, 0.5) is 0 Å². The maximum absolute atomic E-state index is 13.6. The van der Waals surface area contributed by atoms with E-state index >= 15 is 0 Å². The zero-order valence-electron chi connectivity index (χ0n) is 26.6. The van der Waals surface area contributed by atoms with E-state index in [4.69, 9.17) is 33.2 Å². The van der Waals surface area contributed by atoms with E-state index in [9.17, 15) is 4.79 Å². The van der Waals surface area contributed by atoms with E-state index in [0.29, 0.717) is 34.4 Å². The van der Waals surface area contributed by atoms with Crippen LogP contribution in [-0.2, 0) is 16.1 Å². The normalized spacial score (nSPS) is 20.4. The van der Waals surface area contributed by atoms with Gasteiger partial charge in [-0.05, 0) is 64.2 Å². The molecule has 0 bridgehead atoms. The van der Waals surface area contributed by atoms with Crippen LogP contribution in [-0.4, -0.2) is 55.7 Å². The SMILES string of the molecule is COc1cc([C@@H]2c3cc4c(cc3[C@H](n3cc(COc5ccc(-c6ccccc6)cc5)nn3)[C@H]3COC(=O)[C@H]23)OCO4)cc(OC)c1OC. The Morgan fingerprint density at radius 1 is 0.812 bits per heavy atom. The van der Waals surface area contributed by atoms with Crippen molar-refractivity contribution in [3.05, 3.63) is 107 Å². The second-order valence-electron chi connectivity index (χ2n) is 11.9. The number of benzene rings is 4. The van der Waals surface area contributed by atoms with Gasteiger partial charge < -0.3 is 33.2 Å². The van der Waals surface area contributed by atoms with Gasteiger partial charge in [-0.1, -0.05) is 47.7 Å². The van der Waals surface area contributed by atoms with Crippen LogP contribution in [0.1, 0.15) is 34.3 Å². The predicted molar refractivity (Wildman–Crippen MR) is 173 cm³/mol. The van der Waals surface area contributed by atoms with Crippen molar-refractivity contribution in [2.75, 3.05) is 34.7 Å². The van der Waals surface area contributed by atoms with Crippen molar-refractivity contribution in [1.29, 1.82) is 0 Å². The maximum atomic E-state index is 13.6. The molecule has 5 aromatic rings. The molecule has 1 aliphatic carbocycles. The minimum absolute atomic E-state index is 0.115. The molecule has 48 heavy (non-hydrogen) atoms. The molecule has 1 aromatic heterocycles. The smallest absolute Gasteiger partial charge is 0.310 e. The number of methoxy groups -OCH3 is 3. The minimum atomic E-state index is -0.530. The first kappa shape index (κ1) is 29.7. The lowest BCUT2D eigenvalue weighted by molar-refractivity contribution is -0.141.